The second-order valence-electron chi connectivity index (χ2n) is 2.82. The zero-order chi connectivity index (χ0) is 10.0. The molecule has 0 saturated carbocycles. The third-order valence-corrected chi connectivity index (χ3v) is 1.80. The summed E-state index contributed by atoms with van der Waals surface area (Å²) in [6.07, 6.45) is -2.55. The van der Waals surface area contributed by atoms with Crippen LogP contribution in [0.3, 0.4) is 0 Å². The largest absolute Gasteiger partial charge is 0.481 e. The lowest BCUT2D eigenvalue weighted by molar-refractivity contribution is 0.144. The van der Waals surface area contributed by atoms with Crippen LogP contribution < -0.4 is 4.74 Å². The molecule has 13 heavy (non-hydrogen) atoms. The number of methoxy groups -OCH3 is 1. The summed E-state index contributed by atoms with van der Waals surface area (Å²) in [6.45, 7) is 3.38. The first-order valence-electron chi connectivity index (χ1n) is 3.86. The van der Waals surface area contributed by atoms with E-state index in [1.165, 1.54) is 7.11 Å². The predicted octanol–water partition coefficient (Wildman–Crippen LogP) is 2.64. The Labute approximate surface area is 75.6 Å². The summed E-state index contributed by atoms with van der Waals surface area (Å²) in [7, 11) is 1.42. The van der Waals surface area contributed by atoms with E-state index in [1.54, 1.807) is 19.9 Å². The van der Waals surface area contributed by atoms with Gasteiger partial charge in [0.05, 0.1) is 7.11 Å². The Balaban J connectivity index is 3.22. The molecule has 0 radical (unpaired) electrons. The smallest absolute Gasteiger partial charge is 0.280 e. The number of halogens is 2. The van der Waals surface area contributed by atoms with Crippen molar-refractivity contribution in [1.29, 1.82) is 0 Å². The van der Waals surface area contributed by atoms with Crippen molar-refractivity contribution in [2.24, 2.45) is 0 Å². The van der Waals surface area contributed by atoms with Crippen molar-refractivity contribution in [2.75, 3.05) is 7.11 Å². The maximum absolute atomic E-state index is 12.4. The van der Waals surface area contributed by atoms with Gasteiger partial charge in [0, 0.05) is 5.56 Å². The van der Waals surface area contributed by atoms with Crippen molar-refractivity contribution in [3.05, 3.63) is 22.9 Å². The minimum Gasteiger partial charge on any atom is -0.481 e. The molecule has 1 heterocycles. The van der Waals surface area contributed by atoms with Gasteiger partial charge in [-0.05, 0) is 25.5 Å². The summed E-state index contributed by atoms with van der Waals surface area (Å²) in [6, 6.07) is 1.65. The lowest BCUT2D eigenvalue weighted by atomic mass is 10.1. The molecule has 0 aliphatic heterocycles. The number of ether oxygens (including phenoxy) is 1. The highest BCUT2D eigenvalue weighted by Gasteiger charge is 2.14. The average molecular weight is 187 g/mol. The third-order valence-electron chi connectivity index (χ3n) is 1.80. The van der Waals surface area contributed by atoms with Crippen LogP contribution in [-0.4, -0.2) is 12.1 Å². The molecule has 0 saturated heterocycles. The van der Waals surface area contributed by atoms with Crippen LogP contribution in [0.25, 0.3) is 0 Å². The molecule has 0 unspecified atom stereocenters. The molecule has 0 aromatic carbocycles. The fourth-order valence-electron chi connectivity index (χ4n) is 1.17. The number of nitrogens with zero attached hydrogens (tertiary/aromatic N) is 1. The molecule has 0 aliphatic rings. The Morgan fingerprint density at radius 3 is 2.38 bits per heavy atom. The van der Waals surface area contributed by atoms with Gasteiger partial charge in [0.15, 0.2) is 0 Å². The second kappa shape index (κ2) is 3.68. The Kier molecular flexibility index (Phi) is 2.80. The molecule has 0 fully saturated rings. The zero-order valence-corrected chi connectivity index (χ0v) is 7.77. The Bertz CT molecular complexity index is 313. The first-order valence-corrected chi connectivity index (χ1v) is 3.86. The highest BCUT2D eigenvalue weighted by molar-refractivity contribution is 5.33. The summed E-state index contributed by atoms with van der Waals surface area (Å²) < 4.78 is 29.6. The topological polar surface area (TPSA) is 22.1 Å². The quantitative estimate of drug-likeness (QED) is 0.710. The van der Waals surface area contributed by atoms with Gasteiger partial charge in [0.25, 0.3) is 6.43 Å². The number of hydrogen-bond donors (Lipinski definition) is 0. The fraction of sp³-hybridized carbons (Fsp3) is 0.444. The number of alkyl halides is 2. The van der Waals surface area contributed by atoms with Gasteiger partial charge >= 0.3 is 0 Å². The molecule has 1 rings (SSSR count). The van der Waals surface area contributed by atoms with E-state index < -0.39 is 6.43 Å². The third kappa shape index (κ3) is 1.94. The molecule has 1 aromatic heterocycles. The average Bonchev–Trinajstić information content (AvgIpc) is 2.03. The van der Waals surface area contributed by atoms with E-state index in [2.05, 4.69) is 4.98 Å². The summed E-state index contributed by atoms with van der Waals surface area (Å²) in [5.74, 6) is 0.265. The molecular formula is C9H11F2NO. The van der Waals surface area contributed by atoms with Gasteiger partial charge in [-0.25, -0.2) is 13.8 Å². The van der Waals surface area contributed by atoms with Gasteiger partial charge in [-0.2, -0.15) is 0 Å². The minimum absolute atomic E-state index is 0.206. The fourth-order valence-corrected chi connectivity index (χ4v) is 1.17. The van der Waals surface area contributed by atoms with E-state index in [0.29, 0.717) is 5.56 Å². The monoisotopic (exact) mass is 187 g/mol. The van der Waals surface area contributed by atoms with Crippen LogP contribution in [0.1, 0.15) is 23.2 Å². The Morgan fingerprint density at radius 2 is 1.92 bits per heavy atom. The zero-order valence-electron chi connectivity index (χ0n) is 7.77. The number of pyridine rings is 1. The molecule has 2 nitrogen and oxygen atoms in total. The summed E-state index contributed by atoms with van der Waals surface area (Å²) in [4.78, 5) is 3.72. The van der Waals surface area contributed by atoms with E-state index in [9.17, 15) is 8.78 Å². The summed E-state index contributed by atoms with van der Waals surface area (Å²) in [5, 5.41) is 0. The van der Waals surface area contributed by atoms with Crippen LogP contribution in [0.5, 0.6) is 5.88 Å². The van der Waals surface area contributed by atoms with Crippen LogP contribution in [0, 0.1) is 13.8 Å². The minimum atomic E-state index is -2.55. The maximum Gasteiger partial charge on any atom is 0.280 e. The Morgan fingerprint density at radius 1 is 1.31 bits per heavy atom. The molecule has 0 N–H and O–H groups in total. The van der Waals surface area contributed by atoms with Crippen LogP contribution in [0.15, 0.2) is 6.07 Å². The van der Waals surface area contributed by atoms with Gasteiger partial charge in [-0.15, -0.1) is 0 Å². The standard InChI is InChI=1S/C9H11F2NO/c1-5-4-6(2)9(13-3)12-7(5)8(10)11/h4,8H,1-3H3. The van der Waals surface area contributed by atoms with Crippen molar-refractivity contribution in [3.63, 3.8) is 0 Å². The molecule has 72 valence electrons. The SMILES string of the molecule is COc1nc(C(F)F)c(C)cc1C. The molecule has 0 bridgehead atoms. The van der Waals surface area contributed by atoms with Gasteiger partial charge in [-0.1, -0.05) is 0 Å². The molecule has 0 aliphatic carbocycles. The van der Waals surface area contributed by atoms with Crippen LogP contribution >= 0.6 is 0 Å². The molecule has 0 spiro atoms. The maximum atomic E-state index is 12.4. The summed E-state index contributed by atoms with van der Waals surface area (Å²) in [5.41, 5.74) is 1.06. The highest BCUT2D eigenvalue weighted by Crippen LogP contribution is 2.25. The number of hydrogen-bond acceptors (Lipinski definition) is 2. The molecular weight excluding hydrogens is 176 g/mol. The van der Waals surface area contributed by atoms with E-state index in [4.69, 9.17) is 4.74 Å². The lowest BCUT2D eigenvalue weighted by Crippen LogP contribution is -1.99. The predicted molar refractivity (Wildman–Crippen MR) is 45.2 cm³/mol. The van der Waals surface area contributed by atoms with Crippen molar-refractivity contribution in [2.45, 2.75) is 20.3 Å². The first kappa shape index (κ1) is 9.89. The van der Waals surface area contributed by atoms with Crippen molar-refractivity contribution in [3.8, 4) is 5.88 Å². The molecule has 4 heteroatoms. The van der Waals surface area contributed by atoms with Crippen molar-refractivity contribution in [1.82, 2.24) is 4.98 Å². The van der Waals surface area contributed by atoms with Gasteiger partial charge in [0.1, 0.15) is 5.69 Å². The number of aromatic nitrogens is 1. The first-order chi connectivity index (χ1) is 6.06. The number of aryl methyl sites for hydroxylation is 2. The molecule has 0 atom stereocenters. The van der Waals surface area contributed by atoms with Crippen molar-refractivity contribution >= 4 is 0 Å². The summed E-state index contributed by atoms with van der Waals surface area (Å²) >= 11 is 0. The van der Waals surface area contributed by atoms with E-state index in [1.807, 2.05) is 0 Å². The second-order valence-corrected chi connectivity index (χ2v) is 2.82. The highest BCUT2D eigenvalue weighted by atomic mass is 19.3. The normalized spacial score (nSPS) is 10.6. The van der Waals surface area contributed by atoms with Gasteiger partial charge in [0.2, 0.25) is 5.88 Å². The molecule has 1 aromatic rings. The van der Waals surface area contributed by atoms with E-state index in [-0.39, 0.29) is 11.6 Å². The van der Waals surface area contributed by atoms with Crippen LogP contribution in [-0.2, 0) is 0 Å². The van der Waals surface area contributed by atoms with Gasteiger partial charge < -0.3 is 4.74 Å². The van der Waals surface area contributed by atoms with Crippen LogP contribution in [0.4, 0.5) is 8.78 Å². The molecule has 0 amide bonds. The number of rotatable bonds is 2. The Hall–Kier alpha value is -1.19. The van der Waals surface area contributed by atoms with Gasteiger partial charge in [-0.3, -0.25) is 0 Å². The van der Waals surface area contributed by atoms with Crippen LogP contribution in [0.2, 0.25) is 0 Å². The van der Waals surface area contributed by atoms with E-state index in [0.717, 1.165) is 5.56 Å². The van der Waals surface area contributed by atoms with Crippen molar-refractivity contribution < 1.29 is 13.5 Å². The lowest BCUT2D eigenvalue weighted by Gasteiger charge is -2.08. The van der Waals surface area contributed by atoms with E-state index >= 15 is 0 Å².